The third-order valence-electron chi connectivity index (χ3n) is 7.69. The second-order valence-electron chi connectivity index (χ2n) is 10.1. The smallest absolute Gasteiger partial charge is 0.320 e. The molecule has 0 aromatic heterocycles. The van der Waals surface area contributed by atoms with Gasteiger partial charge in [0, 0.05) is 36.8 Å². The third-order valence-corrected chi connectivity index (χ3v) is 9.64. The summed E-state index contributed by atoms with van der Waals surface area (Å²) in [5.41, 5.74) is 0.408. The van der Waals surface area contributed by atoms with Gasteiger partial charge in [0.25, 0.3) is 0 Å². The molecule has 186 valence electrons. The number of carbonyl (C=O) groups excluding carboxylic acids is 1. The highest BCUT2D eigenvalue weighted by molar-refractivity contribution is 7.90. The Morgan fingerprint density at radius 2 is 1.77 bits per heavy atom. The molecular formula is C25H26F3N3O3S. The Morgan fingerprint density at radius 3 is 2.40 bits per heavy atom. The number of urea groups is 1. The normalized spacial score (nSPS) is 27.5. The molecule has 2 aromatic carbocycles. The molecule has 2 heterocycles. The summed E-state index contributed by atoms with van der Waals surface area (Å²) in [6.45, 7) is 1.32. The fraction of sp³-hybridized carbons (Fsp3) is 0.480. The number of rotatable bonds is 6. The number of halogens is 3. The molecule has 6 nitrogen and oxygen atoms in total. The molecule has 2 aliphatic heterocycles. The van der Waals surface area contributed by atoms with Gasteiger partial charge < -0.3 is 9.80 Å². The highest BCUT2D eigenvalue weighted by atomic mass is 32.2. The van der Waals surface area contributed by atoms with Crippen molar-refractivity contribution in [2.45, 2.75) is 55.5 Å². The number of hydrogen-bond donors (Lipinski definition) is 1. The van der Waals surface area contributed by atoms with Crippen LogP contribution in [0.25, 0.3) is 11.1 Å². The van der Waals surface area contributed by atoms with Crippen LogP contribution in [-0.2, 0) is 16.4 Å². The predicted molar refractivity (Wildman–Crippen MR) is 123 cm³/mol. The van der Waals surface area contributed by atoms with Gasteiger partial charge in [-0.1, -0.05) is 18.2 Å². The summed E-state index contributed by atoms with van der Waals surface area (Å²) >= 11 is 0. The summed E-state index contributed by atoms with van der Waals surface area (Å²) < 4.78 is 71.6. The van der Waals surface area contributed by atoms with Crippen molar-refractivity contribution in [3.05, 3.63) is 59.4 Å². The maximum Gasteiger partial charge on any atom is 0.320 e. The van der Waals surface area contributed by atoms with Crippen LogP contribution < -0.4 is 4.72 Å². The van der Waals surface area contributed by atoms with E-state index >= 15 is 4.39 Å². The third kappa shape index (κ3) is 4.10. The van der Waals surface area contributed by atoms with Crippen LogP contribution in [-0.4, -0.2) is 60.7 Å². The molecule has 2 saturated heterocycles. The van der Waals surface area contributed by atoms with Crippen molar-refractivity contribution in [1.29, 1.82) is 0 Å². The largest absolute Gasteiger partial charge is 0.325 e. The number of sulfonamides is 1. The van der Waals surface area contributed by atoms with Crippen molar-refractivity contribution >= 4 is 16.1 Å². The molecule has 2 aromatic rings. The van der Waals surface area contributed by atoms with Crippen LogP contribution in [0, 0.1) is 23.4 Å². The van der Waals surface area contributed by atoms with Crippen molar-refractivity contribution in [1.82, 2.24) is 14.5 Å². The van der Waals surface area contributed by atoms with Crippen LogP contribution >= 0.6 is 0 Å². The Balaban J connectivity index is 1.34. The minimum atomic E-state index is -3.51. The van der Waals surface area contributed by atoms with Crippen molar-refractivity contribution in [2.75, 3.05) is 13.1 Å². The predicted octanol–water partition coefficient (Wildman–Crippen LogP) is 3.66. The maximum absolute atomic E-state index is 15.7. The van der Waals surface area contributed by atoms with E-state index in [0.717, 1.165) is 31.0 Å². The average molecular weight is 506 g/mol. The second-order valence-corrected chi connectivity index (χ2v) is 12.1. The van der Waals surface area contributed by atoms with Gasteiger partial charge in [0.05, 0.1) is 11.3 Å². The summed E-state index contributed by atoms with van der Waals surface area (Å²) in [4.78, 5) is 16.8. The minimum absolute atomic E-state index is 0.00214. The first-order chi connectivity index (χ1) is 16.7. The number of nitrogens with zero attached hydrogens (tertiary/aromatic N) is 2. The Kier molecular flexibility index (Phi) is 5.37. The molecule has 35 heavy (non-hydrogen) atoms. The summed E-state index contributed by atoms with van der Waals surface area (Å²) in [6, 6.07) is 6.27. The lowest BCUT2D eigenvalue weighted by Gasteiger charge is -2.39. The van der Waals surface area contributed by atoms with Crippen LogP contribution in [0.4, 0.5) is 18.0 Å². The topological polar surface area (TPSA) is 69.7 Å². The fourth-order valence-electron chi connectivity index (χ4n) is 5.52. The molecule has 2 saturated carbocycles. The zero-order valence-corrected chi connectivity index (χ0v) is 19.8. The number of benzene rings is 2. The standard InChI is InChI=1S/C25H26F3N3O3S/c26-16-9-15(10-17(27)12-16)19-4-1-3-14(23(19)28)11-22-24(29-35(33,34)18-5-6-18)20-13-21(20)31(22)25(32)30-7-2-8-30/h1,3-4,9-10,12,18,20-22,24,29H,2,5-8,11,13H2/t20-,21+,22+,24+/m0/s1. The van der Waals surface area contributed by atoms with Gasteiger partial charge in [0.1, 0.15) is 17.5 Å². The monoisotopic (exact) mass is 505 g/mol. The highest BCUT2D eigenvalue weighted by Gasteiger charge is 2.62. The lowest BCUT2D eigenvalue weighted by molar-refractivity contribution is 0.111. The van der Waals surface area contributed by atoms with Gasteiger partial charge in [-0.3, -0.25) is 0 Å². The zero-order chi connectivity index (χ0) is 24.5. The Bertz CT molecular complexity index is 1280. The molecule has 10 heteroatoms. The van der Waals surface area contributed by atoms with Crippen LogP contribution in [0.15, 0.2) is 36.4 Å². The fourth-order valence-corrected chi connectivity index (χ4v) is 7.18. The Hall–Kier alpha value is -2.59. The lowest BCUT2D eigenvalue weighted by Crippen LogP contribution is -2.56. The number of hydrogen-bond acceptors (Lipinski definition) is 3. The van der Waals surface area contributed by atoms with E-state index in [4.69, 9.17) is 0 Å². The Labute approximate surface area is 202 Å². The van der Waals surface area contributed by atoms with Gasteiger partial charge >= 0.3 is 6.03 Å². The number of nitrogens with one attached hydrogen (secondary N) is 1. The highest BCUT2D eigenvalue weighted by Crippen LogP contribution is 2.50. The summed E-state index contributed by atoms with van der Waals surface area (Å²) in [5, 5.41) is -0.400. The number of amides is 2. The van der Waals surface area contributed by atoms with Crippen LogP contribution in [0.2, 0.25) is 0 Å². The summed E-state index contributed by atoms with van der Waals surface area (Å²) in [6.07, 6.45) is 2.99. The van der Waals surface area contributed by atoms with E-state index < -0.39 is 44.8 Å². The molecule has 6 rings (SSSR count). The van der Waals surface area contributed by atoms with Gasteiger partial charge in [0.15, 0.2) is 0 Å². The minimum Gasteiger partial charge on any atom is -0.325 e. The molecule has 2 amide bonds. The molecule has 4 fully saturated rings. The van der Waals surface area contributed by atoms with Crippen molar-refractivity contribution in [2.24, 2.45) is 5.92 Å². The van der Waals surface area contributed by atoms with Gasteiger partial charge in [-0.25, -0.2) is 31.1 Å². The van der Waals surface area contributed by atoms with Crippen LogP contribution in [0.3, 0.4) is 0 Å². The number of fused-ring (bicyclic) bond motifs is 1. The van der Waals surface area contributed by atoms with Gasteiger partial charge in [-0.15, -0.1) is 0 Å². The van der Waals surface area contributed by atoms with E-state index in [0.29, 0.717) is 25.9 Å². The van der Waals surface area contributed by atoms with E-state index in [9.17, 15) is 22.0 Å². The molecule has 1 N–H and O–H groups in total. The molecule has 0 radical (unpaired) electrons. The SMILES string of the molecule is O=C(N1CCC1)N1[C@@H]2C[C@@H]2[C@@H](NS(=O)(=O)C2CC2)[C@H]1Cc1cccc(-c2cc(F)cc(F)c2)c1F. The van der Waals surface area contributed by atoms with E-state index in [1.807, 2.05) is 0 Å². The average Bonchev–Trinajstić information content (AvgIpc) is 3.65. The number of likely N-dealkylation sites (tertiary alicyclic amines) is 2. The zero-order valence-electron chi connectivity index (χ0n) is 19.0. The van der Waals surface area contributed by atoms with Gasteiger partial charge in [-0.05, 0) is 61.3 Å². The molecule has 4 atom stereocenters. The van der Waals surface area contributed by atoms with E-state index in [2.05, 4.69) is 4.72 Å². The Morgan fingerprint density at radius 1 is 1.06 bits per heavy atom. The molecule has 0 bridgehead atoms. The first-order valence-corrected chi connectivity index (χ1v) is 13.6. The van der Waals surface area contributed by atoms with Crippen LogP contribution in [0.1, 0.15) is 31.2 Å². The van der Waals surface area contributed by atoms with Gasteiger partial charge in [0.2, 0.25) is 10.0 Å². The van der Waals surface area contributed by atoms with Crippen molar-refractivity contribution in [3.63, 3.8) is 0 Å². The second kappa shape index (κ2) is 8.23. The van der Waals surface area contributed by atoms with E-state index in [1.165, 1.54) is 6.07 Å². The van der Waals surface area contributed by atoms with Gasteiger partial charge in [-0.2, -0.15) is 0 Å². The molecule has 0 unspecified atom stereocenters. The van der Waals surface area contributed by atoms with E-state index in [-0.39, 0.29) is 41.1 Å². The maximum atomic E-state index is 15.7. The van der Waals surface area contributed by atoms with Crippen molar-refractivity contribution < 1.29 is 26.4 Å². The van der Waals surface area contributed by atoms with Crippen LogP contribution in [0.5, 0.6) is 0 Å². The lowest BCUT2D eigenvalue weighted by atomic mass is 9.94. The van der Waals surface area contributed by atoms with Crippen molar-refractivity contribution in [3.8, 4) is 11.1 Å². The number of piperidine rings is 1. The number of carbonyl (C=O) groups is 1. The molecule has 0 spiro atoms. The summed E-state index contributed by atoms with van der Waals surface area (Å²) in [5.74, 6) is -2.23. The first-order valence-electron chi connectivity index (χ1n) is 12.0. The van der Waals surface area contributed by atoms with E-state index in [1.54, 1.807) is 21.9 Å². The molecule has 4 aliphatic rings. The molecular weight excluding hydrogens is 479 g/mol. The first kappa shape index (κ1) is 22.8. The quantitative estimate of drug-likeness (QED) is 0.652. The molecule has 2 aliphatic carbocycles. The summed E-state index contributed by atoms with van der Waals surface area (Å²) in [7, 11) is -3.51.